The first-order chi connectivity index (χ1) is 13.6. The molecule has 0 bridgehead atoms. The summed E-state index contributed by atoms with van der Waals surface area (Å²) in [5.41, 5.74) is 1.49. The number of morpholine rings is 1. The van der Waals surface area contributed by atoms with Crippen LogP contribution in [0.5, 0.6) is 5.75 Å². The summed E-state index contributed by atoms with van der Waals surface area (Å²) in [5.74, 6) is 0.931. The van der Waals surface area contributed by atoms with Crippen LogP contribution in [0, 0.1) is 0 Å². The van der Waals surface area contributed by atoms with Crippen LogP contribution in [0.3, 0.4) is 0 Å². The van der Waals surface area contributed by atoms with Crippen molar-refractivity contribution in [2.24, 2.45) is 0 Å². The van der Waals surface area contributed by atoms with Crippen molar-refractivity contribution in [1.29, 1.82) is 0 Å². The maximum Gasteiger partial charge on any atom is 0.248 e. The highest BCUT2D eigenvalue weighted by Crippen LogP contribution is 2.48. The van der Waals surface area contributed by atoms with Gasteiger partial charge in [0.15, 0.2) is 0 Å². The van der Waals surface area contributed by atoms with Crippen LogP contribution in [0.25, 0.3) is 0 Å². The smallest absolute Gasteiger partial charge is 0.248 e. The minimum absolute atomic E-state index is 0.0294. The molecule has 1 aromatic rings. The Labute approximate surface area is 165 Å². The number of hydrogen-bond donors (Lipinski definition) is 1. The second kappa shape index (κ2) is 8.09. The lowest BCUT2D eigenvalue weighted by atomic mass is 9.69. The molecule has 1 saturated heterocycles. The number of ether oxygens (including phenoxy) is 3. The zero-order valence-electron chi connectivity index (χ0n) is 16.4. The first kappa shape index (κ1) is 19.2. The molecule has 1 aromatic carbocycles. The van der Waals surface area contributed by atoms with Gasteiger partial charge in [-0.3, -0.25) is 9.59 Å². The van der Waals surface area contributed by atoms with Crippen LogP contribution in [0.2, 0.25) is 0 Å². The molecule has 2 aliphatic heterocycles. The van der Waals surface area contributed by atoms with Gasteiger partial charge in [-0.2, -0.15) is 0 Å². The normalized spacial score (nSPS) is 27.0. The molecule has 4 rings (SSSR count). The Balaban J connectivity index is 1.34. The predicted octanol–water partition coefficient (Wildman–Crippen LogP) is 2.09. The van der Waals surface area contributed by atoms with Gasteiger partial charge in [0.1, 0.15) is 12.4 Å². The van der Waals surface area contributed by atoms with Gasteiger partial charge in [0.05, 0.1) is 31.3 Å². The molecule has 0 unspecified atom stereocenters. The van der Waals surface area contributed by atoms with Gasteiger partial charge in [-0.05, 0) is 56.4 Å². The SMILES string of the molecule is CCOc1ccc2c(c1)C1(CCC(OCCN3CCOCC3=O)CC1)C(=O)N2. The van der Waals surface area contributed by atoms with Crippen LogP contribution in [-0.2, 0) is 24.5 Å². The lowest BCUT2D eigenvalue weighted by Crippen LogP contribution is -2.44. The minimum Gasteiger partial charge on any atom is -0.494 e. The van der Waals surface area contributed by atoms with Crippen LogP contribution in [0.1, 0.15) is 38.2 Å². The largest absolute Gasteiger partial charge is 0.494 e. The third-order valence-electron chi connectivity index (χ3n) is 6.09. The van der Waals surface area contributed by atoms with Crippen molar-refractivity contribution in [3.05, 3.63) is 23.8 Å². The summed E-state index contributed by atoms with van der Waals surface area (Å²) in [6.07, 6.45) is 3.34. The molecule has 2 amide bonds. The number of benzene rings is 1. The molecule has 1 saturated carbocycles. The van der Waals surface area contributed by atoms with E-state index >= 15 is 0 Å². The fourth-order valence-electron chi connectivity index (χ4n) is 4.51. The van der Waals surface area contributed by atoms with Gasteiger partial charge in [0, 0.05) is 18.8 Å². The number of hydrogen-bond acceptors (Lipinski definition) is 5. The average molecular weight is 388 g/mol. The number of nitrogens with zero attached hydrogens (tertiary/aromatic N) is 1. The summed E-state index contributed by atoms with van der Waals surface area (Å²) in [6.45, 7) is 5.09. The second-order valence-electron chi connectivity index (χ2n) is 7.68. The molecule has 7 nitrogen and oxygen atoms in total. The van der Waals surface area contributed by atoms with Crippen LogP contribution in [0.15, 0.2) is 18.2 Å². The molecule has 0 aromatic heterocycles. The zero-order valence-corrected chi connectivity index (χ0v) is 16.4. The number of nitrogens with one attached hydrogen (secondary N) is 1. The van der Waals surface area contributed by atoms with Crippen LogP contribution < -0.4 is 10.1 Å². The van der Waals surface area contributed by atoms with Gasteiger partial charge in [-0.1, -0.05) is 0 Å². The average Bonchev–Trinajstić information content (AvgIpc) is 2.96. The fourth-order valence-corrected chi connectivity index (χ4v) is 4.51. The van der Waals surface area contributed by atoms with Crippen LogP contribution >= 0.6 is 0 Å². The molecule has 2 fully saturated rings. The summed E-state index contributed by atoms with van der Waals surface area (Å²) in [7, 11) is 0. The van der Waals surface area contributed by atoms with E-state index in [1.54, 1.807) is 4.90 Å². The molecule has 1 spiro atoms. The lowest BCUT2D eigenvalue weighted by molar-refractivity contribution is -0.144. The fraction of sp³-hybridized carbons (Fsp3) is 0.619. The molecule has 28 heavy (non-hydrogen) atoms. The van der Waals surface area contributed by atoms with E-state index in [-0.39, 0.29) is 24.5 Å². The van der Waals surface area contributed by atoms with Gasteiger partial charge in [-0.25, -0.2) is 0 Å². The van der Waals surface area contributed by atoms with Gasteiger partial charge >= 0.3 is 0 Å². The van der Waals surface area contributed by atoms with E-state index in [0.717, 1.165) is 42.7 Å². The van der Waals surface area contributed by atoms with Crippen molar-refractivity contribution in [1.82, 2.24) is 4.90 Å². The van der Waals surface area contributed by atoms with E-state index in [0.29, 0.717) is 32.9 Å². The van der Waals surface area contributed by atoms with E-state index < -0.39 is 5.41 Å². The molecule has 7 heteroatoms. The molecular weight excluding hydrogens is 360 g/mol. The molecule has 0 radical (unpaired) electrons. The monoisotopic (exact) mass is 388 g/mol. The van der Waals surface area contributed by atoms with Gasteiger partial charge in [0.2, 0.25) is 11.8 Å². The lowest BCUT2D eigenvalue weighted by Gasteiger charge is -2.36. The van der Waals surface area contributed by atoms with E-state index in [1.165, 1.54) is 0 Å². The molecule has 152 valence electrons. The van der Waals surface area contributed by atoms with Crippen molar-refractivity contribution in [3.63, 3.8) is 0 Å². The Morgan fingerprint density at radius 1 is 1.29 bits per heavy atom. The van der Waals surface area contributed by atoms with Crippen molar-refractivity contribution in [3.8, 4) is 5.75 Å². The zero-order chi connectivity index (χ0) is 19.6. The molecule has 2 heterocycles. The Bertz CT molecular complexity index is 742. The molecule has 1 aliphatic carbocycles. The molecular formula is C21H28N2O5. The second-order valence-corrected chi connectivity index (χ2v) is 7.68. The highest BCUT2D eigenvalue weighted by Gasteiger charge is 2.49. The van der Waals surface area contributed by atoms with E-state index in [9.17, 15) is 9.59 Å². The third-order valence-corrected chi connectivity index (χ3v) is 6.09. The first-order valence-corrected chi connectivity index (χ1v) is 10.2. The van der Waals surface area contributed by atoms with Crippen LogP contribution in [0.4, 0.5) is 5.69 Å². The molecule has 0 atom stereocenters. The summed E-state index contributed by atoms with van der Waals surface area (Å²) < 4.78 is 16.8. The van der Waals surface area contributed by atoms with Crippen molar-refractivity contribution in [2.45, 2.75) is 44.1 Å². The van der Waals surface area contributed by atoms with Crippen LogP contribution in [-0.4, -0.2) is 62.3 Å². The number of rotatable bonds is 6. The Hall–Kier alpha value is -2.12. The predicted molar refractivity (Wildman–Crippen MR) is 104 cm³/mol. The summed E-state index contributed by atoms with van der Waals surface area (Å²) in [4.78, 5) is 26.4. The van der Waals surface area contributed by atoms with Crippen molar-refractivity contribution in [2.75, 3.05) is 44.8 Å². The maximum atomic E-state index is 12.8. The van der Waals surface area contributed by atoms with E-state index in [2.05, 4.69) is 5.32 Å². The highest BCUT2D eigenvalue weighted by molar-refractivity contribution is 6.06. The van der Waals surface area contributed by atoms with Gasteiger partial charge in [0.25, 0.3) is 0 Å². The van der Waals surface area contributed by atoms with Crippen molar-refractivity contribution < 1.29 is 23.8 Å². The summed E-state index contributed by atoms with van der Waals surface area (Å²) >= 11 is 0. The van der Waals surface area contributed by atoms with Crippen molar-refractivity contribution >= 4 is 17.5 Å². The summed E-state index contributed by atoms with van der Waals surface area (Å²) in [5, 5.41) is 3.04. The number of carbonyl (C=O) groups excluding carboxylic acids is 2. The first-order valence-electron chi connectivity index (χ1n) is 10.2. The third kappa shape index (κ3) is 3.61. The Kier molecular flexibility index (Phi) is 5.55. The number of amides is 2. The maximum absolute atomic E-state index is 12.8. The quantitative estimate of drug-likeness (QED) is 0.808. The van der Waals surface area contributed by atoms with E-state index in [1.807, 2.05) is 25.1 Å². The highest BCUT2D eigenvalue weighted by atomic mass is 16.5. The van der Waals surface area contributed by atoms with E-state index in [4.69, 9.17) is 14.2 Å². The Morgan fingerprint density at radius 2 is 2.11 bits per heavy atom. The number of carbonyl (C=O) groups is 2. The minimum atomic E-state index is -0.470. The number of anilines is 1. The molecule has 1 N–H and O–H groups in total. The molecule has 3 aliphatic rings. The summed E-state index contributed by atoms with van der Waals surface area (Å²) in [6, 6.07) is 5.86. The number of fused-ring (bicyclic) bond motifs is 2. The van der Waals surface area contributed by atoms with Gasteiger partial charge < -0.3 is 24.4 Å². The topological polar surface area (TPSA) is 77.1 Å². The standard InChI is InChI=1S/C21H28N2O5/c1-2-27-16-3-4-18-17(13-16)21(20(25)22-18)7-5-15(6-8-21)28-12-10-23-9-11-26-14-19(23)24/h3-4,13,15H,2,5-12,14H2,1H3,(H,22,25). The Morgan fingerprint density at radius 3 is 2.86 bits per heavy atom. The van der Waals surface area contributed by atoms with Gasteiger partial charge in [-0.15, -0.1) is 0 Å².